The Labute approximate surface area is 219 Å². The van der Waals surface area contributed by atoms with Gasteiger partial charge in [-0.05, 0) is 80.5 Å². The summed E-state index contributed by atoms with van der Waals surface area (Å²) in [7, 11) is 0. The van der Waals surface area contributed by atoms with Gasteiger partial charge in [0, 0.05) is 11.5 Å². The van der Waals surface area contributed by atoms with Crippen molar-refractivity contribution in [1.29, 1.82) is 0 Å². The maximum Gasteiger partial charge on any atom is 0.435 e. The zero-order valence-corrected chi connectivity index (χ0v) is 23.0. The number of amides is 1. The van der Waals surface area contributed by atoms with Gasteiger partial charge in [-0.3, -0.25) is 4.79 Å². The molecular weight excluding hydrogens is 494 g/mol. The average molecular weight is 528 g/mol. The first-order valence-corrected chi connectivity index (χ1v) is 12.0. The van der Waals surface area contributed by atoms with Crippen molar-refractivity contribution in [2.75, 3.05) is 4.90 Å². The molecule has 1 aromatic carbocycles. The van der Waals surface area contributed by atoms with Crippen LogP contribution in [0.2, 0.25) is 0 Å². The minimum absolute atomic E-state index is 0.00678. The number of nitrogens with zero attached hydrogens (tertiary/aromatic N) is 5. The predicted octanol–water partition coefficient (Wildman–Crippen LogP) is 5.04. The van der Waals surface area contributed by atoms with Crippen LogP contribution in [0.1, 0.15) is 77.5 Å². The van der Waals surface area contributed by atoms with Gasteiger partial charge in [0.2, 0.25) is 0 Å². The number of carbonyl (C=O) groups is 3. The molecule has 2 aromatic heterocycles. The number of fused-ring (bicyclic) bond motifs is 1. The summed E-state index contributed by atoms with van der Waals surface area (Å²) in [5, 5.41) is 18.5. The second-order valence-corrected chi connectivity index (χ2v) is 11.1. The molecule has 1 N–H and O–H groups in total. The maximum absolute atomic E-state index is 13.6. The SMILES string of the molecule is Cc1cc(N(C(=O)OC(C)(C)C)c2nn(C(C)C)c(=O)c3cc(C(=O)O)ccc23)nn1C(=O)OC(C)(C)C. The molecule has 0 unspecified atom stereocenters. The van der Waals surface area contributed by atoms with Crippen LogP contribution >= 0.6 is 0 Å². The molecule has 0 spiro atoms. The van der Waals surface area contributed by atoms with Crippen molar-refractivity contribution in [2.24, 2.45) is 0 Å². The zero-order chi connectivity index (χ0) is 28.7. The van der Waals surface area contributed by atoms with Crippen LogP contribution in [-0.4, -0.2) is 54.0 Å². The number of rotatable bonds is 4. The standard InChI is InChI=1S/C26H33N5O7/c1-14(2)30-21(32)18-13-16(22(33)34)10-11-17(18)20(28-30)29(23(35)37-25(4,5)6)19-12-15(3)31(27-19)24(36)38-26(7,8)9/h10-14H,1-9H3,(H,33,34). The van der Waals surface area contributed by atoms with E-state index in [2.05, 4.69) is 10.2 Å². The van der Waals surface area contributed by atoms with Crippen molar-refractivity contribution in [1.82, 2.24) is 19.6 Å². The molecule has 0 aliphatic carbocycles. The molecule has 1 amide bonds. The first kappa shape index (κ1) is 28.4. The lowest BCUT2D eigenvalue weighted by molar-refractivity contribution is 0.0506. The van der Waals surface area contributed by atoms with E-state index in [-0.39, 0.29) is 28.0 Å². The Morgan fingerprint density at radius 1 is 0.947 bits per heavy atom. The van der Waals surface area contributed by atoms with Gasteiger partial charge in [0.15, 0.2) is 11.6 Å². The van der Waals surface area contributed by atoms with Crippen LogP contribution in [0.25, 0.3) is 10.8 Å². The summed E-state index contributed by atoms with van der Waals surface area (Å²) in [5.41, 5.74) is -1.95. The van der Waals surface area contributed by atoms with Gasteiger partial charge in [-0.25, -0.2) is 24.0 Å². The Morgan fingerprint density at radius 3 is 2.08 bits per heavy atom. The molecule has 0 bridgehead atoms. The van der Waals surface area contributed by atoms with Crippen LogP contribution in [-0.2, 0) is 9.47 Å². The van der Waals surface area contributed by atoms with Crippen molar-refractivity contribution >= 4 is 40.6 Å². The number of carbonyl (C=O) groups excluding carboxylic acids is 2. The van der Waals surface area contributed by atoms with Gasteiger partial charge in [0.05, 0.1) is 22.7 Å². The van der Waals surface area contributed by atoms with E-state index in [1.807, 2.05) is 0 Å². The highest BCUT2D eigenvalue weighted by Gasteiger charge is 2.32. The van der Waals surface area contributed by atoms with E-state index in [1.54, 1.807) is 62.3 Å². The lowest BCUT2D eigenvalue weighted by Crippen LogP contribution is -2.37. The van der Waals surface area contributed by atoms with Gasteiger partial charge < -0.3 is 14.6 Å². The van der Waals surface area contributed by atoms with E-state index in [0.717, 1.165) is 14.3 Å². The molecule has 38 heavy (non-hydrogen) atoms. The first-order chi connectivity index (χ1) is 17.4. The number of aromatic nitrogens is 4. The van der Waals surface area contributed by atoms with Crippen LogP contribution in [0.15, 0.2) is 29.1 Å². The van der Waals surface area contributed by atoms with Gasteiger partial charge in [-0.15, -0.1) is 5.10 Å². The molecule has 0 saturated heterocycles. The van der Waals surface area contributed by atoms with Crippen LogP contribution in [0.5, 0.6) is 0 Å². The smallest absolute Gasteiger partial charge is 0.435 e. The van der Waals surface area contributed by atoms with E-state index in [9.17, 15) is 24.3 Å². The van der Waals surface area contributed by atoms with E-state index >= 15 is 0 Å². The number of aromatic carboxylic acids is 1. The number of anilines is 2. The molecular formula is C26H33N5O7. The Hall–Kier alpha value is -4.22. The molecule has 3 rings (SSSR count). The summed E-state index contributed by atoms with van der Waals surface area (Å²) in [6.45, 7) is 15.3. The lowest BCUT2D eigenvalue weighted by Gasteiger charge is -2.26. The van der Waals surface area contributed by atoms with Crippen molar-refractivity contribution in [3.63, 3.8) is 0 Å². The quantitative estimate of drug-likeness (QED) is 0.493. The van der Waals surface area contributed by atoms with E-state index in [4.69, 9.17) is 9.47 Å². The third-order valence-electron chi connectivity index (χ3n) is 5.10. The molecule has 0 aliphatic heterocycles. The highest BCUT2D eigenvalue weighted by molar-refractivity contribution is 6.05. The van der Waals surface area contributed by atoms with Gasteiger partial charge in [0.25, 0.3) is 5.56 Å². The Bertz CT molecular complexity index is 1470. The molecule has 3 aromatic rings. The normalized spacial score (nSPS) is 12.1. The molecule has 0 atom stereocenters. The third kappa shape index (κ3) is 6.01. The van der Waals surface area contributed by atoms with Crippen molar-refractivity contribution < 1.29 is 29.0 Å². The summed E-state index contributed by atoms with van der Waals surface area (Å²) in [6, 6.07) is 5.01. The first-order valence-electron chi connectivity index (χ1n) is 12.0. The summed E-state index contributed by atoms with van der Waals surface area (Å²) in [4.78, 5) is 52.3. The second kappa shape index (κ2) is 9.92. The van der Waals surface area contributed by atoms with Gasteiger partial charge in [-0.2, -0.15) is 9.78 Å². The second-order valence-electron chi connectivity index (χ2n) is 11.1. The number of hydrogen-bond acceptors (Lipinski definition) is 8. The van der Waals surface area contributed by atoms with Gasteiger partial charge >= 0.3 is 18.2 Å². The molecule has 12 nitrogen and oxygen atoms in total. The van der Waals surface area contributed by atoms with Crippen molar-refractivity contribution in [3.8, 4) is 0 Å². The molecule has 0 fully saturated rings. The largest absolute Gasteiger partial charge is 0.478 e. The molecule has 0 radical (unpaired) electrons. The maximum atomic E-state index is 13.6. The highest BCUT2D eigenvalue weighted by Crippen LogP contribution is 2.32. The fourth-order valence-electron chi connectivity index (χ4n) is 3.54. The topological polar surface area (TPSA) is 146 Å². The lowest BCUT2D eigenvalue weighted by atomic mass is 10.1. The minimum atomic E-state index is -1.21. The Balaban J connectivity index is 2.34. The number of hydrogen-bond donors (Lipinski definition) is 1. The zero-order valence-electron chi connectivity index (χ0n) is 23.0. The fourth-order valence-corrected chi connectivity index (χ4v) is 3.54. The summed E-state index contributed by atoms with van der Waals surface area (Å²) < 4.78 is 13.2. The Morgan fingerprint density at radius 2 is 1.55 bits per heavy atom. The van der Waals surface area contributed by atoms with Gasteiger partial charge in [0.1, 0.15) is 11.2 Å². The monoisotopic (exact) mass is 527 g/mol. The summed E-state index contributed by atoms with van der Waals surface area (Å²) >= 11 is 0. The Kier molecular flexibility index (Phi) is 7.40. The molecule has 2 heterocycles. The third-order valence-corrected chi connectivity index (χ3v) is 5.10. The van der Waals surface area contributed by atoms with Crippen LogP contribution in [0.3, 0.4) is 0 Å². The van der Waals surface area contributed by atoms with E-state index in [0.29, 0.717) is 5.69 Å². The van der Waals surface area contributed by atoms with Crippen molar-refractivity contribution in [3.05, 3.63) is 45.9 Å². The summed E-state index contributed by atoms with van der Waals surface area (Å²) in [5.74, 6) is -1.24. The van der Waals surface area contributed by atoms with Crippen molar-refractivity contribution in [2.45, 2.75) is 79.6 Å². The highest BCUT2D eigenvalue weighted by atomic mass is 16.6. The summed E-state index contributed by atoms with van der Waals surface area (Å²) in [6.07, 6.45) is -1.61. The number of benzene rings is 1. The molecule has 0 aliphatic rings. The number of carboxylic acids is 1. The number of ether oxygens (including phenoxy) is 2. The number of carboxylic acid groups (broad SMARTS) is 1. The fraction of sp³-hybridized carbons (Fsp3) is 0.462. The predicted molar refractivity (Wildman–Crippen MR) is 140 cm³/mol. The minimum Gasteiger partial charge on any atom is -0.478 e. The van der Waals surface area contributed by atoms with Gasteiger partial charge in [-0.1, -0.05) is 0 Å². The molecule has 204 valence electrons. The van der Waals surface area contributed by atoms with Crippen LogP contribution < -0.4 is 10.5 Å². The number of aryl methyl sites for hydroxylation is 1. The van der Waals surface area contributed by atoms with E-state index < -0.39 is 41.0 Å². The van der Waals surface area contributed by atoms with E-state index in [1.165, 1.54) is 24.3 Å². The van der Waals surface area contributed by atoms with Crippen LogP contribution in [0.4, 0.5) is 21.2 Å². The molecule has 12 heteroatoms. The average Bonchev–Trinajstić information content (AvgIpc) is 3.13. The van der Waals surface area contributed by atoms with Crippen LogP contribution in [0, 0.1) is 6.92 Å². The molecule has 0 saturated carbocycles.